The first-order valence-electron chi connectivity index (χ1n) is 6.38. The van der Waals surface area contributed by atoms with Crippen LogP contribution in [0.1, 0.15) is 26.7 Å². The first kappa shape index (κ1) is 12.4. The Balaban J connectivity index is 1.83. The van der Waals surface area contributed by atoms with Gasteiger partial charge in [-0.3, -0.25) is 14.9 Å². The molecule has 2 fully saturated rings. The number of nitrogens with one attached hydrogen (secondary N) is 3. The van der Waals surface area contributed by atoms with Gasteiger partial charge in [-0.2, -0.15) is 0 Å². The van der Waals surface area contributed by atoms with Gasteiger partial charge in [0, 0.05) is 12.6 Å². The zero-order valence-electron chi connectivity index (χ0n) is 10.5. The molecule has 1 saturated heterocycles. The molecule has 96 valence electrons. The van der Waals surface area contributed by atoms with Crippen molar-refractivity contribution >= 4 is 11.8 Å². The monoisotopic (exact) mass is 239 g/mol. The first-order valence-corrected chi connectivity index (χ1v) is 6.38. The van der Waals surface area contributed by atoms with Gasteiger partial charge in [-0.05, 0) is 24.7 Å². The van der Waals surface area contributed by atoms with E-state index in [4.69, 9.17) is 0 Å². The summed E-state index contributed by atoms with van der Waals surface area (Å²) in [5.74, 6) is 1.18. The van der Waals surface area contributed by atoms with E-state index in [0.717, 1.165) is 6.42 Å². The van der Waals surface area contributed by atoms with Crippen LogP contribution in [-0.2, 0) is 9.59 Å². The zero-order valence-corrected chi connectivity index (χ0v) is 10.5. The summed E-state index contributed by atoms with van der Waals surface area (Å²) in [5.41, 5.74) is 0. The van der Waals surface area contributed by atoms with Crippen molar-refractivity contribution in [1.82, 2.24) is 16.0 Å². The van der Waals surface area contributed by atoms with Crippen LogP contribution in [0.4, 0.5) is 0 Å². The van der Waals surface area contributed by atoms with E-state index < -0.39 is 0 Å². The molecule has 4 unspecified atom stereocenters. The minimum absolute atomic E-state index is 0.0101. The quantitative estimate of drug-likeness (QED) is 0.615. The molecule has 0 aromatic heterocycles. The highest BCUT2D eigenvalue weighted by Crippen LogP contribution is 2.31. The standard InChI is InChI=1S/C12H21N3O2/c1-7-3-4-9(8(7)2)15-12(17)10-5-14-11(16)6-13-10/h7-10,13H,3-6H2,1-2H3,(H,14,16)(H,15,17). The van der Waals surface area contributed by atoms with Gasteiger partial charge in [0.2, 0.25) is 11.8 Å². The maximum Gasteiger partial charge on any atom is 0.239 e. The lowest BCUT2D eigenvalue weighted by Gasteiger charge is -2.26. The van der Waals surface area contributed by atoms with Crippen LogP contribution in [0.5, 0.6) is 0 Å². The van der Waals surface area contributed by atoms with Crippen molar-refractivity contribution in [2.45, 2.75) is 38.8 Å². The van der Waals surface area contributed by atoms with E-state index in [1.54, 1.807) is 0 Å². The van der Waals surface area contributed by atoms with Gasteiger partial charge < -0.3 is 10.6 Å². The molecule has 0 aromatic rings. The summed E-state index contributed by atoms with van der Waals surface area (Å²) in [4.78, 5) is 23.0. The molecule has 0 bridgehead atoms. The van der Waals surface area contributed by atoms with E-state index >= 15 is 0 Å². The van der Waals surface area contributed by atoms with Gasteiger partial charge in [0.25, 0.3) is 0 Å². The molecule has 1 saturated carbocycles. The Morgan fingerprint density at radius 2 is 2.12 bits per heavy atom. The minimum atomic E-state index is -0.282. The van der Waals surface area contributed by atoms with Gasteiger partial charge in [0.15, 0.2) is 0 Å². The SMILES string of the molecule is CC1CCC(NC(=O)C2CNC(=O)CN2)C1C. The highest BCUT2D eigenvalue weighted by atomic mass is 16.2. The Morgan fingerprint density at radius 1 is 1.35 bits per heavy atom. The molecular weight excluding hydrogens is 218 g/mol. The summed E-state index contributed by atoms with van der Waals surface area (Å²) in [6, 6.07) is 0.00716. The lowest BCUT2D eigenvalue weighted by Crippen LogP contribution is -2.59. The van der Waals surface area contributed by atoms with Crippen molar-refractivity contribution in [2.24, 2.45) is 11.8 Å². The predicted molar refractivity (Wildman–Crippen MR) is 64.3 cm³/mol. The molecule has 1 aliphatic heterocycles. The van der Waals surface area contributed by atoms with E-state index in [0.29, 0.717) is 18.4 Å². The van der Waals surface area contributed by atoms with Crippen LogP contribution < -0.4 is 16.0 Å². The molecule has 2 aliphatic rings. The van der Waals surface area contributed by atoms with Gasteiger partial charge in [-0.25, -0.2) is 0 Å². The fourth-order valence-electron chi connectivity index (χ4n) is 2.60. The molecule has 17 heavy (non-hydrogen) atoms. The van der Waals surface area contributed by atoms with Crippen LogP contribution in [0.3, 0.4) is 0 Å². The molecule has 0 spiro atoms. The number of amides is 2. The van der Waals surface area contributed by atoms with Gasteiger partial charge in [-0.15, -0.1) is 0 Å². The van der Waals surface area contributed by atoms with Crippen LogP contribution in [0.15, 0.2) is 0 Å². The van der Waals surface area contributed by atoms with Crippen LogP contribution >= 0.6 is 0 Å². The average molecular weight is 239 g/mol. The molecule has 5 nitrogen and oxygen atoms in total. The third-order valence-electron chi connectivity index (χ3n) is 4.12. The second kappa shape index (κ2) is 5.04. The van der Waals surface area contributed by atoms with Crippen molar-refractivity contribution in [2.75, 3.05) is 13.1 Å². The topological polar surface area (TPSA) is 70.2 Å². The van der Waals surface area contributed by atoms with E-state index in [9.17, 15) is 9.59 Å². The van der Waals surface area contributed by atoms with Crippen LogP contribution in [0, 0.1) is 11.8 Å². The van der Waals surface area contributed by atoms with Crippen LogP contribution in [-0.4, -0.2) is 37.0 Å². The molecular formula is C12H21N3O2. The Kier molecular flexibility index (Phi) is 3.66. The second-order valence-electron chi connectivity index (χ2n) is 5.27. The molecule has 4 atom stereocenters. The second-order valence-corrected chi connectivity index (χ2v) is 5.27. The Labute approximate surface area is 102 Å². The highest BCUT2D eigenvalue weighted by molar-refractivity contribution is 5.86. The fourth-order valence-corrected chi connectivity index (χ4v) is 2.60. The maximum atomic E-state index is 12.0. The number of piperazine rings is 1. The highest BCUT2D eigenvalue weighted by Gasteiger charge is 2.33. The first-order chi connectivity index (χ1) is 8.08. The minimum Gasteiger partial charge on any atom is -0.353 e. The van der Waals surface area contributed by atoms with E-state index in [1.807, 2.05) is 0 Å². The van der Waals surface area contributed by atoms with Crippen LogP contribution in [0.2, 0.25) is 0 Å². The van der Waals surface area contributed by atoms with Crippen molar-refractivity contribution in [3.63, 3.8) is 0 Å². The fraction of sp³-hybridized carbons (Fsp3) is 0.833. The summed E-state index contributed by atoms with van der Waals surface area (Å²) < 4.78 is 0. The van der Waals surface area contributed by atoms with Crippen molar-refractivity contribution in [3.8, 4) is 0 Å². The third kappa shape index (κ3) is 2.77. The maximum absolute atomic E-state index is 12.0. The Bertz CT molecular complexity index is 309. The predicted octanol–water partition coefficient (Wildman–Crippen LogP) is -0.375. The molecule has 2 rings (SSSR count). The lowest BCUT2D eigenvalue weighted by molar-refractivity contribution is -0.127. The van der Waals surface area contributed by atoms with E-state index in [-0.39, 0.29) is 30.4 Å². The molecule has 2 amide bonds. The van der Waals surface area contributed by atoms with Gasteiger partial charge >= 0.3 is 0 Å². The van der Waals surface area contributed by atoms with Crippen LogP contribution in [0.25, 0.3) is 0 Å². The number of hydrogen-bond donors (Lipinski definition) is 3. The van der Waals surface area contributed by atoms with Gasteiger partial charge in [0.05, 0.1) is 6.54 Å². The molecule has 5 heteroatoms. The smallest absolute Gasteiger partial charge is 0.239 e. The van der Waals surface area contributed by atoms with Crippen molar-refractivity contribution < 1.29 is 9.59 Å². The molecule has 3 N–H and O–H groups in total. The molecule has 1 heterocycles. The van der Waals surface area contributed by atoms with Gasteiger partial charge in [-0.1, -0.05) is 13.8 Å². The molecule has 1 aliphatic carbocycles. The number of carbonyl (C=O) groups excluding carboxylic acids is 2. The van der Waals surface area contributed by atoms with E-state index in [1.165, 1.54) is 6.42 Å². The van der Waals surface area contributed by atoms with E-state index in [2.05, 4.69) is 29.8 Å². The number of rotatable bonds is 2. The average Bonchev–Trinajstić information content (AvgIpc) is 2.62. The normalized spacial score (nSPS) is 37.6. The summed E-state index contributed by atoms with van der Waals surface area (Å²) in [7, 11) is 0. The van der Waals surface area contributed by atoms with Crippen molar-refractivity contribution in [1.29, 1.82) is 0 Å². The lowest BCUT2D eigenvalue weighted by atomic mass is 9.97. The Morgan fingerprint density at radius 3 is 2.65 bits per heavy atom. The summed E-state index contributed by atoms with van der Waals surface area (Å²) in [6.45, 7) is 5.05. The Hall–Kier alpha value is -1.10. The molecule has 0 aromatic carbocycles. The zero-order chi connectivity index (χ0) is 12.4. The van der Waals surface area contributed by atoms with Crippen molar-refractivity contribution in [3.05, 3.63) is 0 Å². The van der Waals surface area contributed by atoms with Gasteiger partial charge in [0.1, 0.15) is 6.04 Å². The third-order valence-corrected chi connectivity index (χ3v) is 4.12. The number of carbonyl (C=O) groups is 2. The summed E-state index contributed by atoms with van der Waals surface area (Å²) in [5, 5.41) is 8.73. The largest absolute Gasteiger partial charge is 0.353 e. The summed E-state index contributed by atoms with van der Waals surface area (Å²) >= 11 is 0. The number of hydrogen-bond acceptors (Lipinski definition) is 3. The summed E-state index contributed by atoms with van der Waals surface area (Å²) in [6.07, 6.45) is 2.24. The molecule has 0 radical (unpaired) electrons.